The second-order valence-corrected chi connectivity index (χ2v) is 2.92. The Labute approximate surface area is 71.0 Å². The smallest absolute Gasteiger partial charge is 0.306 e. The Morgan fingerprint density at radius 2 is 2.45 bits per heavy atom. The Kier molecular flexibility index (Phi) is 7.66. The molecule has 0 fully saturated rings. The average molecular weight is 178 g/mol. The molecule has 0 bridgehead atoms. The maximum absolute atomic E-state index is 10.8. The Hall–Kier alpha value is -0.260. The van der Waals surface area contributed by atoms with E-state index >= 15 is 0 Å². The van der Waals surface area contributed by atoms with Gasteiger partial charge in [0.2, 0.25) is 0 Å². The van der Waals surface area contributed by atoms with Gasteiger partial charge in [-0.2, -0.15) is 0 Å². The minimum atomic E-state index is -0.182. The maximum Gasteiger partial charge on any atom is 0.306 e. The summed E-state index contributed by atoms with van der Waals surface area (Å²) >= 11 is 1.49. The van der Waals surface area contributed by atoms with Gasteiger partial charge in [0.1, 0.15) is 6.61 Å². The molecule has 0 heterocycles. The van der Waals surface area contributed by atoms with Crippen molar-refractivity contribution in [1.82, 2.24) is 4.72 Å². The van der Waals surface area contributed by atoms with Gasteiger partial charge in [0.25, 0.3) is 0 Å². The third kappa shape index (κ3) is 7.64. The first-order valence-corrected chi connectivity index (χ1v) is 4.44. The first-order chi connectivity index (χ1) is 5.31. The number of nitrogens with one attached hydrogen (secondary N) is 1. The van der Waals surface area contributed by atoms with Gasteiger partial charge in [-0.05, 0) is 7.05 Å². The van der Waals surface area contributed by atoms with E-state index < -0.39 is 0 Å². The number of carbonyl (C=O) groups excluding carboxylic acids is 1. The Balaban J connectivity index is 3.09. The molecule has 0 aromatic heterocycles. The summed E-state index contributed by atoms with van der Waals surface area (Å²) in [7, 11) is 1.82. The van der Waals surface area contributed by atoms with Crippen LogP contribution in [0, 0.1) is 0 Å². The van der Waals surface area contributed by atoms with Crippen molar-refractivity contribution in [2.45, 2.75) is 6.42 Å². The molecule has 0 spiro atoms. The van der Waals surface area contributed by atoms with Crippen LogP contribution in [0.15, 0.2) is 0 Å². The monoisotopic (exact) mass is 178 g/mol. The van der Waals surface area contributed by atoms with Crippen LogP contribution in [0.4, 0.5) is 0 Å². The fourth-order valence-electron chi connectivity index (χ4n) is 0.481. The Morgan fingerprint density at radius 3 is 3.00 bits per heavy atom. The highest BCUT2D eigenvalue weighted by Crippen LogP contribution is 1.96. The molecule has 0 aromatic carbocycles. The van der Waals surface area contributed by atoms with Gasteiger partial charge in [0, 0.05) is 12.3 Å². The summed E-state index contributed by atoms with van der Waals surface area (Å²) in [6.07, 6.45) is 0.436. The second kappa shape index (κ2) is 7.84. The first-order valence-electron chi connectivity index (χ1n) is 3.45. The number of hydrogen-bond donors (Lipinski definition) is 2. The highest BCUT2D eigenvalue weighted by atomic mass is 32.2. The largest absolute Gasteiger partial charge is 0.464 e. The van der Waals surface area contributed by atoms with E-state index in [0.29, 0.717) is 19.6 Å². The second-order valence-electron chi connectivity index (χ2n) is 1.81. The zero-order valence-corrected chi connectivity index (χ0v) is 7.45. The van der Waals surface area contributed by atoms with Gasteiger partial charge in [-0.3, -0.25) is 9.52 Å². The fourth-order valence-corrected chi connectivity index (χ4v) is 0.954. The zero-order chi connectivity index (χ0) is 8.53. The molecule has 0 atom stereocenters. The lowest BCUT2D eigenvalue weighted by Crippen LogP contribution is -2.14. The normalized spacial score (nSPS) is 9.64. The van der Waals surface area contributed by atoms with E-state index in [0.717, 1.165) is 5.75 Å². The van der Waals surface area contributed by atoms with Gasteiger partial charge < -0.3 is 10.5 Å². The predicted octanol–water partition coefficient (Wildman–Crippen LogP) is -0.254. The van der Waals surface area contributed by atoms with Gasteiger partial charge in [-0.1, -0.05) is 11.9 Å². The van der Waals surface area contributed by atoms with Crippen LogP contribution in [0.5, 0.6) is 0 Å². The highest BCUT2D eigenvalue weighted by Gasteiger charge is 2.00. The zero-order valence-electron chi connectivity index (χ0n) is 6.63. The topological polar surface area (TPSA) is 64.3 Å². The third-order valence-corrected chi connectivity index (χ3v) is 1.63. The van der Waals surface area contributed by atoms with E-state index in [1.54, 1.807) is 0 Å². The summed E-state index contributed by atoms with van der Waals surface area (Å²) in [5, 5.41) is 0. The molecule has 0 amide bonds. The minimum absolute atomic E-state index is 0.182. The van der Waals surface area contributed by atoms with Crippen LogP contribution in [0.2, 0.25) is 0 Å². The molecule has 4 nitrogen and oxygen atoms in total. The van der Waals surface area contributed by atoms with Crippen molar-refractivity contribution in [2.75, 3.05) is 26.0 Å². The van der Waals surface area contributed by atoms with Crippen molar-refractivity contribution < 1.29 is 9.53 Å². The molecule has 0 saturated heterocycles. The molecular formula is C6H14N2O2S. The van der Waals surface area contributed by atoms with Crippen LogP contribution in [-0.4, -0.2) is 31.9 Å². The van der Waals surface area contributed by atoms with E-state index in [-0.39, 0.29) is 5.97 Å². The lowest BCUT2D eigenvalue weighted by Gasteiger charge is -2.01. The number of rotatable bonds is 6. The number of hydrogen-bond acceptors (Lipinski definition) is 5. The summed E-state index contributed by atoms with van der Waals surface area (Å²) in [4.78, 5) is 10.8. The van der Waals surface area contributed by atoms with Crippen molar-refractivity contribution in [3.05, 3.63) is 0 Å². The molecule has 0 aliphatic heterocycles. The summed E-state index contributed by atoms with van der Waals surface area (Å²) in [5.41, 5.74) is 5.14. The standard InChI is InChI=1S/C6H14N2O2S/c1-8-11-5-2-6(9)10-4-3-7/h8H,2-5,7H2,1H3. The molecule has 0 rings (SSSR count). The van der Waals surface area contributed by atoms with Crippen LogP contribution in [-0.2, 0) is 9.53 Å². The van der Waals surface area contributed by atoms with E-state index in [2.05, 4.69) is 4.72 Å². The SMILES string of the molecule is CNSCCC(=O)OCCN. The van der Waals surface area contributed by atoms with Crippen molar-refractivity contribution in [2.24, 2.45) is 5.73 Å². The highest BCUT2D eigenvalue weighted by molar-refractivity contribution is 7.97. The quantitative estimate of drug-likeness (QED) is 0.333. The minimum Gasteiger partial charge on any atom is -0.464 e. The fraction of sp³-hybridized carbons (Fsp3) is 0.833. The molecule has 0 aromatic rings. The van der Waals surface area contributed by atoms with Gasteiger partial charge in [0.05, 0.1) is 6.42 Å². The predicted molar refractivity (Wildman–Crippen MR) is 46.1 cm³/mol. The van der Waals surface area contributed by atoms with Crippen molar-refractivity contribution in [3.8, 4) is 0 Å². The molecule has 0 unspecified atom stereocenters. The van der Waals surface area contributed by atoms with E-state index in [1.165, 1.54) is 11.9 Å². The van der Waals surface area contributed by atoms with Gasteiger partial charge >= 0.3 is 5.97 Å². The number of nitrogens with two attached hydrogens (primary N) is 1. The molecule has 0 saturated carbocycles. The number of ether oxygens (including phenoxy) is 1. The van der Waals surface area contributed by atoms with Gasteiger partial charge in [-0.25, -0.2) is 0 Å². The number of carbonyl (C=O) groups is 1. The van der Waals surface area contributed by atoms with Crippen LogP contribution in [0.25, 0.3) is 0 Å². The van der Waals surface area contributed by atoms with Gasteiger partial charge in [0.15, 0.2) is 0 Å². The Bertz CT molecular complexity index is 111. The summed E-state index contributed by atoms with van der Waals surface area (Å²) in [6.45, 7) is 0.716. The van der Waals surface area contributed by atoms with Crippen LogP contribution >= 0.6 is 11.9 Å². The van der Waals surface area contributed by atoms with Crippen LogP contribution in [0.3, 0.4) is 0 Å². The molecule has 0 radical (unpaired) electrons. The van der Waals surface area contributed by atoms with Gasteiger partial charge in [-0.15, -0.1) is 0 Å². The molecule has 3 N–H and O–H groups in total. The van der Waals surface area contributed by atoms with Crippen molar-refractivity contribution in [3.63, 3.8) is 0 Å². The Morgan fingerprint density at radius 1 is 1.73 bits per heavy atom. The third-order valence-electron chi connectivity index (χ3n) is 0.933. The summed E-state index contributed by atoms with van der Waals surface area (Å²) < 4.78 is 7.60. The molecule has 5 heteroatoms. The lowest BCUT2D eigenvalue weighted by molar-refractivity contribution is -0.142. The molecule has 0 aliphatic rings. The summed E-state index contributed by atoms with van der Waals surface area (Å²) in [5.74, 6) is 0.554. The molecule has 66 valence electrons. The van der Waals surface area contributed by atoms with E-state index in [9.17, 15) is 4.79 Å². The first kappa shape index (κ1) is 10.7. The maximum atomic E-state index is 10.8. The van der Waals surface area contributed by atoms with E-state index in [4.69, 9.17) is 10.5 Å². The number of esters is 1. The van der Waals surface area contributed by atoms with E-state index in [1.807, 2.05) is 7.05 Å². The molecular weight excluding hydrogens is 164 g/mol. The molecule has 11 heavy (non-hydrogen) atoms. The summed E-state index contributed by atoms with van der Waals surface area (Å²) in [6, 6.07) is 0. The van der Waals surface area contributed by atoms with Crippen molar-refractivity contribution >= 4 is 17.9 Å². The lowest BCUT2D eigenvalue weighted by atomic mass is 10.5. The van der Waals surface area contributed by atoms with Crippen LogP contribution < -0.4 is 10.5 Å². The molecule has 0 aliphatic carbocycles. The average Bonchev–Trinajstić information content (AvgIpc) is 2.01. The van der Waals surface area contributed by atoms with Crippen LogP contribution in [0.1, 0.15) is 6.42 Å². The van der Waals surface area contributed by atoms with Crippen molar-refractivity contribution in [1.29, 1.82) is 0 Å².